The average Bonchev–Trinajstić information content (AvgIpc) is 2.37. The Labute approximate surface area is 131 Å². The third-order valence-electron chi connectivity index (χ3n) is 2.00. The second-order valence-electron chi connectivity index (χ2n) is 2.96. The van der Waals surface area contributed by atoms with Crippen molar-refractivity contribution in [3.8, 4) is 12.1 Å². The minimum atomic E-state index is 0.00480. The van der Waals surface area contributed by atoms with Crippen LogP contribution in [-0.4, -0.2) is 0 Å². The highest BCUT2D eigenvalue weighted by molar-refractivity contribution is 14.1. The van der Waals surface area contributed by atoms with Gasteiger partial charge in [-0.25, -0.2) is 20.2 Å². The summed E-state index contributed by atoms with van der Waals surface area (Å²) in [5.41, 5.74) is 0.00960. The van der Waals surface area contributed by atoms with Gasteiger partial charge in [0.2, 0.25) is 0 Å². The fourth-order valence-electron chi connectivity index (χ4n) is 1.20. The van der Waals surface area contributed by atoms with Gasteiger partial charge in [-0.05, 0) is 45.2 Å². The van der Waals surface area contributed by atoms with Crippen LogP contribution in [0.3, 0.4) is 0 Å². The summed E-state index contributed by atoms with van der Waals surface area (Å²) in [6, 6.07) is 6.97. The van der Waals surface area contributed by atoms with Crippen LogP contribution in [-0.2, 0) is 0 Å². The number of nitrogens with zero attached hydrogens (tertiary/aromatic N) is 4. The van der Waals surface area contributed by atoms with Gasteiger partial charge in [-0.15, -0.1) is 0 Å². The average molecular weight is 456 g/mol. The van der Waals surface area contributed by atoms with Gasteiger partial charge >= 0.3 is 0 Å². The van der Waals surface area contributed by atoms with Crippen LogP contribution in [0, 0.1) is 42.9 Å². The molecule has 84 valence electrons. The number of nitriles is 2. The van der Waals surface area contributed by atoms with Gasteiger partial charge in [0.1, 0.15) is 0 Å². The zero-order chi connectivity index (χ0) is 13.7. The van der Waals surface area contributed by atoms with E-state index >= 15 is 0 Å². The summed E-state index contributed by atoms with van der Waals surface area (Å²) in [5.74, 6) is 0. The highest BCUT2D eigenvalue weighted by Gasteiger charge is 2.05. The van der Waals surface area contributed by atoms with E-state index in [4.69, 9.17) is 23.7 Å². The molecule has 0 saturated carbocycles. The topological polar surface area (TPSA) is 56.3 Å². The molecule has 0 aromatic heterocycles. The van der Waals surface area contributed by atoms with Crippen LogP contribution in [0.25, 0.3) is 21.1 Å². The zero-order valence-electron chi connectivity index (χ0n) is 8.70. The van der Waals surface area contributed by atoms with E-state index in [0.717, 1.165) is 0 Å². The second kappa shape index (κ2) is 6.35. The summed E-state index contributed by atoms with van der Waals surface area (Å²) in [6.07, 6.45) is 0. The van der Waals surface area contributed by atoms with Gasteiger partial charge in [-0.2, -0.15) is 0 Å². The number of benzene rings is 1. The van der Waals surface area contributed by atoms with Crippen molar-refractivity contribution >= 4 is 56.6 Å². The molecule has 0 radical (unpaired) electrons. The first-order valence-electron chi connectivity index (χ1n) is 4.37. The molecule has 0 N–H and O–H groups in total. The van der Waals surface area contributed by atoms with Crippen LogP contribution in [0.15, 0.2) is 12.1 Å². The van der Waals surface area contributed by atoms with Gasteiger partial charge < -0.3 is 0 Å². The van der Waals surface area contributed by atoms with E-state index < -0.39 is 0 Å². The number of hydrogen-bond donors (Lipinski definition) is 0. The van der Waals surface area contributed by atoms with Crippen molar-refractivity contribution in [1.82, 2.24) is 0 Å². The van der Waals surface area contributed by atoms with E-state index in [1.165, 1.54) is 0 Å². The van der Waals surface area contributed by atoms with Crippen LogP contribution >= 0.6 is 45.2 Å². The fourth-order valence-corrected chi connectivity index (χ4v) is 2.65. The summed E-state index contributed by atoms with van der Waals surface area (Å²) >= 11 is 3.97. The summed E-state index contributed by atoms with van der Waals surface area (Å²) in [5, 5.41) is 18.8. The molecule has 0 aliphatic rings. The van der Waals surface area contributed by atoms with Crippen LogP contribution < -0.4 is 10.4 Å². The monoisotopic (exact) mass is 456 g/mol. The van der Waals surface area contributed by atoms with Gasteiger partial charge in [-0.1, -0.05) is 12.1 Å². The molecule has 18 heavy (non-hydrogen) atoms. The van der Waals surface area contributed by atoms with Crippen molar-refractivity contribution in [2.75, 3.05) is 0 Å². The Morgan fingerprint density at radius 1 is 0.944 bits per heavy atom. The molecule has 1 rings (SSSR count). The molecule has 0 amide bonds. The normalized spacial score (nSPS) is 12.3. The van der Waals surface area contributed by atoms with Crippen LogP contribution in [0.4, 0.5) is 0 Å². The Morgan fingerprint density at radius 2 is 1.28 bits per heavy atom. The Kier molecular flexibility index (Phi) is 5.09. The van der Waals surface area contributed by atoms with Gasteiger partial charge in [0.05, 0.1) is 25.3 Å². The minimum absolute atomic E-state index is 0.00480. The maximum atomic E-state index is 8.85. The molecule has 0 saturated heterocycles. The van der Waals surface area contributed by atoms with Crippen molar-refractivity contribution in [2.45, 2.75) is 0 Å². The van der Waals surface area contributed by atoms with Crippen molar-refractivity contribution in [3.05, 3.63) is 52.5 Å². The quantitative estimate of drug-likeness (QED) is 0.444. The van der Waals surface area contributed by atoms with Crippen molar-refractivity contribution in [2.24, 2.45) is 0 Å². The lowest BCUT2D eigenvalue weighted by Crippen LogP contribution is -2.19. The van der Waals surface area contributed by atoms with Gasteiger partial charge in [0.15, 0.2) is 0 Å². The maximum absolute atomic E-state index is 8.85. The third-order valence-corrected chi connectivity index (χ3v) is 3.79. The van der Waals surface area contributed by atoms with Crippen molar-refractivity contribution in [3.63, 3.8) is 0 Å². The fraction of sp³-hybridized carbons (Fsp3) is 0. The van der Waals surface area contributed by atoms with Crippen LogP contribution in [0.2, 0.25) is 0 Å². The molecule has 0 atom stereocenters. The molecule has 1 aromatic carbocycles. The van der Waals surface area contributed by atoms with E-state index in [-0.39, 0.29) is 11.4 Å². The smallest absolute Gasteiger partial charge is 0.226 e. The summed E-state index contributed by atoms with van der Waals surface area (Å²) in [6.45, 7) is 13.9. The summed E-state index contributed by atoms with van der Waals surface area (Å²) in [4.78, 5) is 6.32. The first kappa shape index (κ1) is 14.4. The van der Waals surface area contributed by atoms with E-state index in [9.17, 15) is 0 Å². The predicted octanol–water partition coefficient (Wildman–Crippen LogP) is 2.00. The highest BCUT2D eigenvalue weighted by Crippen LogP contribution is 2.05. The maximum Gasteiger partial charge on any atom is 0.270 e. The second-order valence-corrected chi connectivity index (χ2v) is 5.28. The zero-order valence-corrected chi connectivity index (χ0v) is 13.0. The van der Waals surface area contributed by atoms with Gasteiger partial charge in [0.25, 0.3) is 11.4 Å². The molecule has 0 bridgehead atoms. The number of halogens is 2. The van der Waals surface area contributed by atoms with Gasteiger partial charge in [0, 0.05) is 17.6 Å². The first-order chi connectivity index (χ1) is 8.58. The Balaban J connectivity index is 3.96. The largest absolute Gasteiger partial charge is 0.270 e. The first-order valence-corrected chi connectivity index (χ1v) is 6.53. The number of rotatable bonds is 0. The molecule has 0 fully saturated rings. The van der Waals surface area contributed by atoms with E-state index in [2.05, 4.69) is 9.69 Å². The summed E-state index contributed by atoms with van der Waals surface area (Å²) in [7, 11) is 0. The third kappa shape index (κ3) is 2.79. The number of hydrogen-bond acceptors (Lipinski definition) is 2. The Bertz CT molecular complexity index is 693. The lowest BCUT2D eigenvalue weighted by atomic mass is 10.2. The minimum Gasteiger partial charge on any atom is -0.226 e. The van der Waals surface area contributed by atoms with E-state index in [0.29, 0.717) is 17.6 Å². The Hall–Kier alpha value is -1.62. The standard InChI is InChI=1S/C12H2I2N4/c1-17-11(5-15)7-3-10(14)8(4-9(7)13)12(6-16)18-2/h3-4H/b11-7-,12-8-. The SMILES string of the molecule is [C-]#[N+]/C(C#N)=c1/cc(I)/c(=C(/C#N)[N+]#[C-])cc1I. The van der Waals surface area contributed by atoms with Crippen LogP contribution in [0.5, 0.6) is 0 Å². The predicted molar refractivity (Wildman–Crippen MR) is 82.4 cm³/mol. The highest BCUT2D eigenvalue weighted by atomic mass is 127. The molecule has 0 heterocycles. The summed E-state index contributed by atoms with van der Waals surface area (Å²) < 4.78 is 1.35. The molecule has 1 aromatic rings. The molecule has 4 nitrogen and oxygen atoms in total. The van der Waals surface area contributed by atoms with E-state index in [1.54, 1.807) is 12.1 Å². The van der Waals surface area contributed by atoms with Crippen LogP contribution in [0.1, 0.15) is 0 Å². The van der Waals surface area contributed by atoms with Crippen molar-refractivity contribution in [1.29, 1.82) is 10.5 Å². The molecular weight excluding hydrogens is 454 g/mol. The molecule has 0 spiro atoms. The van der Waals surface area contributed by atoms with Crippen molar-refractivity contribution < 1.29 is 0 Å². The molecule has 6 heteroatoms. The molecule has 0 aliphatic carbocycles. The Morgan fingerprint density at radius 3 is 1.50 bits per heavy atom. The van der Waals surface area contributed by atoms with E-state index in [1.807, 2.05) is 57.3 Å². The molecule has 0 unspecified atom stereocenters. The lowest BCUT2D eigenvalue weighted by molar-refractivity contribution is 1.42. The van der Waals surface area contributed by atoms with Gasteiger partial charge in [-0.3, -0.25) is 0 Å². The molecular formula is C12H2I2N4. The molecule has 0 aliphatic heterocycles. The lowest BCUT2D eigenvalue weighted by Gasteiger charge is -1.98.